The van der Waals surface area contributed by atoms with Crippen LogP contribution in [-0.4, -0.2) is 24.6 Å². The molecule has 9 heteroatoms. The number of nitrogens with one attached hydrogen (secondary N) is 1. The van der Waals surface area contributed by atoms with Gasteiger partial charge < -0.3 is 9.09 Å². The van der Waals surface area contributed by atoms with Gasteiger partial charge in [-0.25, -0.2) is 4.57 Å². The van der Waals surface area contributed by atoms with Gasteiger partial charge in [0.25, 0.3) is 0 Å². The van der Waals surface area contributed by atoms with Crippen molar-refractivity contribution in [2.24, 2.45) is 7.05 Å². The number of aryl methyl sites for hydroxylation is 2. The SMILES string of the molecule is Cc1cc(OP(=O)(O)O)c(-c2n[nH]c(=S)n2C)cc1C. The van der Waals surface area contributed by atoms with Crippen LogP contribution in [0.25, 0.3) is 11.4 Å². The third-order valence-electron chi connectivity index (χ3n) is 2.93. The minimum absolute atomic E-state index is 0.0681. The zero-order chi connectivity index (χ0) is 15.1. The first kappa shape index (κ1) is 14.9. The largest absolute Gasteiger partial charge is 0.524 e. The number of aromatic nitrogens is 3. The highest BCUT2D eigenvalue weighted by Crippen LogP contribution is 2.42. The van der Waals surface area contributed by atoms with E-state index < -0.39 is 7.82 Å². The van der Waals surface area contributed by atoms with Crippen LogP contribution in [0.1, 0.15) is 11.1 Å². The fourth-order valence-electron chi connectivity index (χ4n) is 1.76. The molecule has 0 spiro atoms. The molecule has 1 aromatic heterocycles. The van der Waals surface area contributed by atoms with Crippen molar-refractivity contribution >= 4 is 20.0 Å². The van der Waals surface area contributed by atoms with Gasteiger partial charge in [-0.05, 0) is 49.3 Å². The number of benzene rings is 1. The quantitative estimate of drug-likeness (QED) is 0.593. The molecule has 0 fully saturated rings. The molecule has 108 valence electrons. The van der Waals surface area contributed by atoms with Crippen LogP contribution >= 0.6 is 20.0 Å². The monoisotopic (exact) mass is 315 g/mol. The molecule has 0 atom stereocenters. The maximum Gasteiger partial charge on any atom is 0.524 e. The van der Waals surface area contributed by atoms with Crippen molar-refractivity contribution in [1.29, 1.82) is 0 Å². The van der Waals surface area contributed by atoms with Crippen molar-refractivity contribution in [3.63, 3.8) is 0 Å². The van der Waals surface area contributed by atoms with Crippen molar-refractivity contribution in [1.82, 2.24) is 14.8 Å². The Bertz CT molecular complexity index is 762. The van der Waals surface area contributed by atoms with Crippen molar-refractivity contribution in [3.05, 3.63) is 28.0 Å². The zero-order valence-electron chi connectivity index (χ0n) is 11.1. The van der Waals surface area contributed by atoms with E-state index in [2.05, 4.69) is 10.2 Å². The van der Waals surface area contributed by atoms with Crippen LogP contribution in [0.3, 0.4) is 0 Å². The fraction of sp³-hybridized carbons (Fsp3) is 0.273. The molecule has 1 heterocycles. The molecule has 0 aliphatic carbocycles. The Hall–Kier alpha value is -1.47. The predicted octanol–water partition coefficient (Wildman–Crippen LogP) is 2.23. The van der Waals surface area contributed by atoms with Crippen molar-refractivity contribution in [3.8, 4) is 17.1 Å². The molecule has 0 aliphatic heterocycles. The zero-order valence-corrected chi connectivity index (χ0v) is 12.8. The molecule has 0 aliphatic rings. The first-order chi connectivity index (χ1) is 9.19. The molecule has 1 aromatic carbocycles. The summed E-state index contributed by atoms with van der Waals surface area (Å²) in [5.74, 6) is 0.514. The third-order valence-corrected chi connectivity index (χ3v) is 3.73. The van der Waals surface area contributed by atoms with Gasteiger partial charge in [-0.1, -0.05) is 0 Å². The van der Waals surface area contributed by atoms with Gasteiger partial charge in [0, 0.05) is 7.05 Å². The first-order valence-corrected chi connectivity index (χ1v) is 7.61. The lowest BCUT2D eigenvalue weighted by molar-refractivity contribution is 0.283. The summed E-state index contributed by atoms with van der Waals surface area (Å²) in [4.78, 5) is 18.0. The van der Waals surface area contributed by atoms with Crippen LogP contribution < -0.4 is 4.52 Å². The third kappa shape index (κ3) is 2.99. The molecule has 20 heavy (non-hydrogen) atoms. The van der Waals surface area contributed by atoms with Crippen LogP contribution in [0.4, 0.5) is 0 Å². The number of H-pyrrole nitrogens is 1. The first-order valence-electron chi connectivity index (χ1n) is 5.67. The van der Waals surface area contributed by atoms with Crippen LogP contribution in [0, 0.1) is 18.6 Å². The second kappa shape index (κ2) is 5.14. The number of nitrogens with zero attached hydrogens (tertiary/aromatic N) is 2. The Labute approximate surface area is 120 Å². The van der Waals surface area contributed by atoms with Gasteiger partial charge in [-0.3, -0.25) is 14.9 Å². The van der Waals surface area contributed by atoms with E-state index in [1.165, 1.54) is 0 Å². The van der Waals surface area contributed by atoms with Gasteiger partial charge in [0.05, 0.1) is 5.56 Å². The van der Waals surface area contributed by atoms with Crippen LogP contribution in [0.15, 0.2) is 12.1 Å². The Morgan fingerprint density at radius 2 is 1.95 bits per heavy atom. The van der Waals surface area contributed by atoms with Crippen LogP contribution in [0.5, 0.6) is 5.75 Å². The number of aromatic amines is 1. The minimum Gasteiger partial charge on any atom is -0.403 e. The summed E-state index contributed by atoms with van der Waals surface area (Å²) in [6.45, 7) is 3.72. The summed E-state index contributed by atoms with van der Waals surface area (Å²) >= 11 is 5.04. The molecule has 0 radical (unpaired) electrons. The van der Waals surface area contributed by atoms with Gasteiger partial charge >= 0.3 is 7.82 Å². The van der Waals surface area contributed by atoms with E-state index in [4.69, 9.17) is 26.5 Å². The Morgan fingerprint density at radius 1 is 1.35 bits per heavy atom. The number of hydrogen-bond acceptors (Lipinski definition) is 4. The second-order valence-corrected chi connectivity index (χ2v) is 5.98. The molecule has 3 N–H and O–H groups in total. The molecule has 0 saturated heterocycles. The summed E-state index contributed by atoms with van der Waals surface area (Å²) in [5, 5.41) is 6.69. The smallest absolute Gasteiger partial charge is 0.403 e. The average molecular weight is 315 g/mol. The Morgan fingerprint density at radius 3 is 2.45 bits per heavy atom. The van der Waals surface area contributed by atoms with Gasteiger partial charge in [-0.2, -0.15) is 5.10 Å². The fourth-order valence-corrected chi connectivity index (χ4v) is 2.30. The molecule has 7 nitrogen and oxygen atoms in total. The molecular weight excluding hydrogens is 301 g/mol. The predicted molar refractivity (Wildman–Crippen MR) is 76.0 cm³/mol. The second-order valence-electron chi connectivity index (χ2n) is 4.43. The summed E-state index contributed by atoms with van der Waals surface area (Å²) in [5.41, 5.74) is 2.27. The lowest BCUT2D eigenvalue weighted by Gasteiger charge is -2.13. The summed E-state index contributed by atoms with van der Waals surface area (Å²) in [6, 6.07) is 3.33. The van der Waals surface area contributed by atoms with Crippen LogP contribution in [0.2, 0.25) is 0 Å². The Kier molecular flexibility index (Phi) is 3.84. The molecule has 2 rings (SSSR count). The lowest BCUT2D eigenvalue weighted by Crippen LogP contribution is -1.99. The van der Waals surface area contributed by atoms with E-state index in [0.29, 0.717) is 16.2 Å². The van der Waals surface area contributed by atoms with Gasteiger partial charge in [0.1, 0.15) is 5.75 Å². The van der Waals surface area contributed by atoms with Crippen molar-refractivity contribution < 1.29 is 18.9 Å². The highest BCUT2D eigenvalue weighted by atomic mass is 32.1. The van der Waals surface area contributed by atoms with E-state index in [1.807, 2.05) is 13.8 Å². The normalized spacial score (nSPS) is 11.7. The highest BCUT2D eigenvalue weighted by molar-refractivity contribution is 7.71. The lowest BCUT2D eigenvalue weighted by atomic mass is 10.0. The van der Waals surface area contributed by atoms with E-state index >= 15 is 0 Å². The van der Waals surface area contributed by atoms with Gasteiger partial charge in [-0.15, -0.1) is 0 Å². The summed E-state index contributed by atoms with van der Waals surface area (Å²) in [7, 11) is -2.95. The van der Waals surface area contributed by atoms with E-state index in [1.54, 1.807) is 23.7 Å². The average Bonchev–Trinajstić information content (AvgIpc) is 2.63. The van der Waals surface area contributed by atoms with Crippen molar-refractivity contribution in [2.45, 2.75) is 13.8 Å². The van der Waals surface area contributed by atoms with Crippen LogP contribution in [-0.2, 0) is 11.6 Å². The molecule has 0 saturated carbocycles. The maximum atomic E-state index is 11.1. The standard InChI is InChI=1S/C11H14N3O4PS/c1-6-4-8(10-12-13-11(20)14(10)3)9(5-7(6)2)18-19(15,16)17/h4-5H,1-3H3,(H,13,20)(H2,15,16,17). The molecule has 0 amide bonds. The van der Waals surface area contributed by atoms with E-state index in [0.717, 1.165) is 11.1 Å². The number of phosphoric ester groups is 1. The van der Waals surface area contributed by atoms with E-state index in [-0.39, 0.29) is 5.75 Å². The number of rotatable bonds is 3. The topological polar surface area (TPSA) is 100 Å². The maximum absolute atomic E-state index is 11.1. The highest BCUT2D eigenvalue weighted by Gasteiger charge is 2.21. The summed E-state index contributed by atoms with van der Waals surface area (Å²) < 4.78 is 17.8. The number of hydrogen-bond donors (Lipinski definition) is 3. The van der Waals surface area contributed by atoms with Gasteiger partial charge in [0.15, 0.2) is 10.6 Å². The molecular formula is C11H14N3O4PS. The molecule has 2 aromatic rings. The summed E-state index contributed by atoms with van der Waals surface area (Å²) in [6.07, 6.45) is 0. The minimum atomic E-state index is -4.65. The van der Waals surface area contributed by atoms with Gasteiger partial charge in [0.2, 0.25) is 0 Å². The molecule has 0 bridgehead atoms. The Balaban J connectivity index is 2.68. The van der Waals surface area contributed by atoms with Crippen molar-refractivity contribution in [2.75, 3.05) is 0 Å². The number of phosphoric acid groups is 1. The molecule has 0 unspecified atom stereocenters. The van der Waals surface area contributed by atoms with E-state index in [9.17, 15) is 4.57 Å².